The van der Waals surface area contributed by atoms with Gasteiger partial charge in [0, 0.05) is 23.9 Å². The summed E-state index contributed by atoms with van der Waals surface area (Å²) in [7, 11) is 1.63. The molecular formula is C31H27N3O3. The molecule has 0 aliphatic heterocycles. The minimum Gasteiger partial charge on any atom is -0.496 e. The van der Waals surface area contributed by atoms with E-state index in [9.17, 15) is 4.79 Å². The Labute approximate surface area is 215 Å². The lowest BCUT2D eigenvalue weighted by atomic mass is 10.0. The van der Waals surface area contributed by atoms with Crippen LogP contribution in [0.2, 0.25) is 0 Å². The van der Waals surface area contributed by atoms with Gasteiger partial charge in [0.1, 0.15) is 18.1 Å². The van der Waals surface area contributed by atoms with Gasteiger partial charge in [-0.15, -0.1) is 0 Å². The quantitative estimate of drug-likeness (QED) is 0.246. The van der Waals surface area contributed by atoms with Crippen molar-refractivity contribution in [3.63, 3.8) is 0 Å². The molecule has 4 aromatic carbocycles. The van der Waals surface area contributed by atoms with E-state index in [0.29, 0.717) is 19.0 Å². The van der Waals surface area contributed by atoms with Crippen molar-refractivity contribution in [2.75, 3.05) is 12.4 Å². The summed E-state index contributed by atoms with van der Waals surface area (Å²) in [5.41, 5.74) is 2.93. The summed E-state index contributed by atoms with van der Waals surface area (Å²) in [6.45, 7) is 0.974. The van der Waals surface area contributed by atoms with Gasteiger partial charge in [-0.2, -0.15) is 5.10 Å². The van der Waals surface area contributed by atoms with Crippen LogP contribution in [0.1, 0.15) is 16.7 Å². The molecule has 1 heterocycles. The second-order valence-corrected chi connectivity index (χ2v) is 8.53. The number of carbonyl (C=O) groups is 1. The van der Waals surface area contributed by atoms with Gasteiger partial charge < -0.3 is 14.8 Å². The Hall–Kier alpha value is -4.84. The van der Waals surface area contributed by atoms with Gasteiger partial charge in [0.15, 0.2) is 5.82 Å². The van der Waals surface area contributed by atoms with Crippen molar-refractivity contribution in [2.24, 2.45) is 0 Å². The van der Waals surface area contributed by atoms with Crippen molar-refractivity contribution in [1.29, 1.82) is 0 Å². The summed E-state index contributed by atoms with van der Waals surface area (Å²) in [5, 5.41) is 9.74. The highest BCUT2D eigenvalue weighted by Gasteiger charge is 2.07. The molecule has 0 aliphatic carbocycles. The predicted molar refractivity (Wildman–Crippen MR) is 147 cm³/mol. The molecule has 0 aliphatic rings. The van der Waals surface area contributed by atoms with Crippen LogP contribution in [0.5, 0.6) is 11.5 Å². The van der Waals surface area contributed by atoms with Gasteiger partial charge in [0.05, 0.1) is 13.7 Å². The average Bonchev–Trinajstić information content (AvgIpc) is 3.38. The molecule has 5 rings (SSSR count). The van der Waals surface area contributed by atoms with Crippen LogP contribution in [0, 0.1) is 0 Å². The number of benzene rings is 4. The number of rotatable bonds is 9. The maximum absolute atomic E-state index is 12.6. The molecule has 0 bridgehead atoms. The van der Waals surface area contributed by atoms with Gasteiger partial charge in [-0.25, -0.2) is 0 Å². The summed E-state index contributed by atoms with van der Waals surface area (Å²) in [6.07, 6.45) is 5.12. The van der Waals surface area contributed by atoms with E-state index in [1.165, 1.54) is 22.4 Å². The van der Waals surface area contributed by atoms with E-state index in [1.54, 1.807) is 19.3 Å². The standard InChI is InChI=1S/C31H27N3O3/c1-36-29-16-14-23(20-26(29)22-37-27-11-3-2-4-12-27)15-17-31(35)32-30-18-19-34(33-30)21-25-10-7-9-24-8-5-6-13-28(24)25/h2-20H,21-22H2,1H3,(H,32,33,35)/b17-15+. The normalized spacial score (nSPS) is 11.1. The monoisotopic (exact) mass is 489 g/mol. The van der Waals surface area contributed by atoms with Crippen molar-refractivity contribution >= 4 is 28.6 Å². The van der Waals surface area contributed by atoms with Gasteiger partial charge in [-0.3, -0.25) is 9.48 Å². The zero-order chi connectivity index (χ0) is 25.5. The molecule has 0 fully saturated rings. The number of carbonyl (C=O) groups excluding carboxylic acids is 1. The third-order valence-electron chi connectivity index (χ3n) is 5.97. The summed E-state index contributed by atoms with van der Waals surface area (Å²) in [4.78, 5) is 12.6. The molecule has 184 valence electrons. The second kappa shape index (κ2) is 11.3. The number of anilines is 1. The first kappa shape index (κ1) is 23.9. The summed E-state index contributed by atoms with van der Waals surface area (Å²) < 4.78 is 13.2. The largest absolute Gasteiger partial charge is 0.496 e. The van der Waals surface area contributed by atoms with E-state index < -0.39 is 0 Å². The number of amides is 1. The first-order chi connectivity index (χ1) is 18.2. The Morgan fingerprint density at radius 1 is 0.919 bits per heavy atom. The molecule has 0 unspecified atom stereocenters. The number of methoxy groups -OCH3 is 1. The molecule has 37 heavy (non-hydrogen) atoms. The van der Waals surface area contributed by atoms with Crippen LogP contribution in [0.15, 0.2) is 109 Å². The Bertz CT molecular complexity index is 1530. The predicted octanol–water partition coefficient (Wildman–Crippen LogP) is 6.32. The number of fused-ring (bicyclic) bond motifs is 1. The number of aromatic nitrogens is 2. The fraction of sp³-hybridized carbons (Fsp3) is 0.0968. The SMILES string of the molecule is COc1ccc(/C=C/C(=O)Nc2ccn(Cc3cccc4ccccc34)n2)cc1COc1ccccc1. The van der Waals surface area contributed by atoms with Crippen molar-refractivity contribution in [3.05, 3.63) is 126 Å². The van der Waals surface area contributed by atoms with E-state index in [4.69, 9.17) is 9.47 Å². The van der Waals surface area contributed by atoms with Crippen LogP contribution < -0.4 is 14.8 Å². The van der Waals surface area contributed by atoms with Crippen molar-refractivity contribution in [1.82, 2.24) is 9.78 Å². The number of ether oxygens (including phenoxy) is 2. The highest BCUT2D eigenvalue weighted by Crippen LogP contribution is 2.23. The van der Waals surface area contributed by atoms with Crippen molar-refractivity contribution < 1.29 is 14.3 Å². The van der Waals surface area contributed by atoms with Gasteiger partial charge >= 0.3 is 0 Å². The maximum Gasteiger partial charge on any atom is 0.249 e. The summed E-state index contributed by atoms with van der Waals surface area (Å²) >= 11 is 0. The van der Waals surface area contributed by atoms with Crippen LogP contribution in [-0.4, -0.2) is 22.8 Å². The summed E-state index contributed by atoms with van der Waals surface area (Å²) in [5.74, 6) is 1.76. The third kappa shape index (κ3) is 6.05. The lowest BCUT2D eigenvalue weighted by Gasteiger charge is -2.11. The highest BCUT2D eigenvalue weighted by molar-refractivity contribution is 6.01. The Morgan fingerprint density at radius 2 is 1.73 bits per heavy atom. The van der Waals surface area contributed by atoms with E-state index in [0.717, 1.165) is 22.6 Å². The Kier molecular flexibility index (Phi) is 7.27. The lowest BCUT2D eigenvalue weighted by molar-refractivity contribution is -0.111. The smallest absolute Gasteiger partial charge is 0.249 e. The molecule has 0 saturated heterocycles. The van der Waals surface area contributed by atoms with Gasteiger partial charge in [0.2, 0.25) is 5.91 Å². The molecule has 6 heteroatoms. The van der Waals surface area contributed by atoms with Crippen LogP contribution >= 0.6 is 0 Å². The highest BCUT2D eigenvalue weighted by atomic mass is 16.5. The number of hydrogen-bond acceptors (Lipinski definition) is 4. The number of nitrogens with zero attached hydrogens (tertiary/aromatic N) is 2. The zero-order valence-electron chi connectivity index (χ0n) is 20.5. The molecule has 0 saturated carbocycles. The van der Waals surface area contributed by atoms with E-state index in [1.807, 2.05) is 77.6 Å². The molecular weight excluding hydrogens is 462 g/mol. The van der Waals surface area contributed by atoms with Gasteiger partial charge in [-0.1, -0.05) is 66.7 Å². The third-order valence-corrected chi connectivity index (χ3v) is 5.97. The first-order valence-electron chi connectivity index (χ1n) is 12.0. The molecule has 1 N–H and O–H groups in total. The zero-order valence-corrected chi connectivity index (χ0v) is 20.5. The molecule has 1 aromatic heterocycles. The molecule has 5 aromatic rings. The van der Waals surface area contributed by atoms with Crippen LogP contribution in [0.4, 0.5) is 5.82 Å². The van der Waals surface area contributed by atoms with E-state index >= 15 is 0 Å². The molecule has 0 atom stereocenters. The van der Waals surface area contributed by atoms with Crippen LogP contribution in [0.3, 0.4) is 0 Å². The second-order valence-electron chi connectivity index (χ2n) is 8.53. The number of hydrogen-bond donors (Lipinski definition) is 1. The molecule has 0 radical (unpaired) electrons. The fourth-order valence-electron chi connectivity index (χ4n) is 4.15. The Morgan fingerprint density at radius 3 is 2.59 bits per heavy atom. The lowest BCUT2D eigenvalue weighted by Crippen LogP contribution is -2.09. The van der Waals surface area contributed by atoms with E-state index in [2.05, 4.69) is 34.7 Å². The first-order valence-corrected chi connectivity index (χ1v) is 12.0. The van der Waals surface area contributed by atoms with Crippen molar-refractivity contribution in [2.45, 2.75) is 13.2 Å². The minimum absolute atomic E-state index is 0.256. The van der Waals surface area contributed by atoms with Gasteiger partial charge in [-0.05, 0) is 52.2 Å². The fourth-order valence-corrected chi connectivity index (χ4v) is 4.15. The van der Waals surface area contributed by atoms with E-state index in [-0.39, 0.29) is 5.91 Å². The molecule has 1 amide bonds. The minimum atomic E-state index is -0.256. The topological polar surface area (TPSA) is 65.4 Å². The average molecular weight is 490 g/mol. The Balaban J connectivity index is 1.22. The number of nitrogens with one attached hydrogen (secondary N) is 1. The van der Waals surface area contributed by atoms with Crippen molar-refractivity contribution in [3.8, 4) is 11.5 Å². The summed E-state index contributed by atoms with van der Waals surface area (Å²) in [6, 6.07) is 31.6. The maximum atomic E-state index is 12.6. The molecule has 0 spiro atoms. The van der Waals surface area contributed by atoms with Crippen LogP contribution in [-0.2, 0) is 17.9 Å². The van der Waals surface area contributed by atoms with Gasteiger partial charge in [0.25, 0.3) is 0 Å². The molecule has 6 nitrogen and oxygen atoms in total. The van der Waals surface area contributed by atoms with Crippen LogP contribution in [0.25, 0.3) is 16.8 Å². The number of para-hydroxylation sites is 1.